The lowest BCUT2D eigenvalue weighted by Gasteiger charge is -2.32. The van der Waals surface area contributed by atoms with Crippen molar-refractivity contribution in [1.82, 2.24) is 5.32 Å². The predicted molar refractivity (Wildman–Crippen MR) is 114 cm³/mol. The predicted octanol–water partition coefficient (Wildman–Crippen LogP) is 5.44. The van der Waals surface area contributed by atoms with Crippen LogP contribution in [0.4, 0.5) is 0 Å². The summed E-state index contributed by atoms with van der Waals surface area (Å²) in [5.41, 5.74) is 5.16. The molecule has 3 heteroatoms. The molecule has 0 saturated carbocycles. The normalized spacial score (nSPS) is 19.3. The van der Waals surface area contributed by atoms with Crippen molar-refractivity contribution in [2.75, 3.05) is 13.1 Å². The highest BCUT2D eigenvalue weighted by Crippen LogP contribution is 2.31. The maximum atomic E-state index is 6.32. The Morgan fingerprint density at radius 1 is 0.815 bits per heavy atom. The summed E-state index contributed by atoms with van der Waals surface area (Å²) in [7, 11) is 0. The maximum Gasteiger partial charge on any atom is 0.0772 e. The van der Waals surface area contributed by atoms with Crippen LogP contribution >= 0.6 is 12.4 Å². The Bertz CT molecular complexity index is 822. The molecular formula is C24H26ClNO. The van der Waals surface area contributed by atoms with Crippen molar-refractivity contribution in [1.29, 1.82) is 0 Å². The lowest BCUT2D eigenvalue weighted by atomic mass is 9.86. The highest BCUT2D eigenvalue weighted by atomic mass is 35.5. The number of hydrogen-bond donors (Lipinski definition) is 1. The van der Waals surface area contributed by atoms with E-state index in [4.69, 9.17) is 4.74 Å². The van der Waals surface area contributed by atoms with E-state index in [9.17, 15) is 0 Å². The zero-order chi connectivity index (χ0) is 17.6. The standard InChI is InChI=1S/C24H25NO.ClH/c1-3-8-19(9-4-1)18-26-24-17-25-15-14-23(24)22-13-7-12-21(16-22)20-10-5-2-6-11-20;/h1-13,16,23-25H,14-15,17-18H2;1H/t23-,24+;/m1./s1. The van der Waals surface area contributed by atoms with Crippen LogP contribution in [0.5, 0.6) is 0 Å². The van der Waals surface area contributed by atoms with Crippen LogP contribution in [0, 0.1) is 0 Å². The minimum Gasteiger partial charge on any atom is -0.372 e. The van der Waals surface area contributed by atoms with Crippen LogP contribution in [0.15, 0.2) is 84.9 Å². The van der Waals surface area contributed by atoms with Gasteiger partial charge in [0.1, 0.15) is 0 Å². The molecule has 0 radical (unpaired) electrons. The minimum atomic E-state index is 0. The van der Waals surface area contributed by atoms with Gasteiger partial charge >= 0.3 is 0 Å². The van der Waals surface area contributed by atoms with Crippen LogP contribution in [-0.4, -0.2) is 19.2 Å². The van der Waals surface area contributed by atoms with Crippen LogP contribution < -0.4 is 5.32 Å². The number of nitrogens with one attached hydrogen (secondary N) is 1. The summed E-state index contributed by atoms with van der Waals surface area (Å²) in [6.45, 7) is 2.63. The number of benzene rings is 3. The third kappa shape index (κ3) is 4.98. The Morgan fingerprint density at radius 2 is 1.52 bits per heavy atom. The topological polar surface area (TPSA) is 21.3 Å². The molecule has 2 atom stereocenters. The molecule has 0 aliphatic carbocycles. The van der Waals surface area contributed by atoms with Crippen LogP contribution in [0.1, 0.15) is 23.5 Å². The molecule has 0 unspecified atom stereocenters. The Hall–Kier alpha value is -2.13. The fourth-order valence-corrected chi connectivity index (χ4v) is 3.74. The molecule has 0 bridgehead atoms. The molecule has 1 aliphatic heterocycles. The van der Waals surface area contributed by atoms with Gasteiger partial charge in [-0.1, -0.05) is 84.9 Å². The van der Waals surface area contributed by atoms with Gasteiger partial charge in [-0.05, 0) is 35.2 Å². The second-order valence-corrected chi connectivity index (χ2v) is 6.93. The molecule has 0 aromatic heterocycles. The van der Waals surface area contributed by atoms with Crippen molar-refractivity contribution >= 4 is 12.4 Å². The van der Waals surface area contributed by atoms with E-state index in [1.54, 1.807) is 0 Å². The van der Waals surface area contributed by atoms with E-state index in [-0.39, 0.29) is 18.5 Å². The van der Waals surface area contributed by atoms with Gasteiger partial charge in [-0.25, -0.2) is 0 Å². The molecule has 1 fully saturated rings. The van der Waals surface area contributed by atoms with Gasteiger partial charge in [0.15, 0.2) is 0 Å². The third-order valence-corrected chi connectivity index (χ3v) is 5.16. The van der Waals surface area contributed by atoms with Crippen molar-refractivity contribution < 1.29 is 4.74 Å². The quantitative estimate of drug-likeness (QED) is 0.637. The number of piperidine rings is 1. The van der Waals surface area contributed by atoms with E-state index in [1.165, 1.54) is 22.3 Å². The van der Waals surface area contributed by atoms with E-state index in [1.807, 2.05) is 6.07 Å². The summed E-state index contributed by atoms with van der Waals surface area (Å²) in [5, 5.41) is 3.49. The Balaban J connectivity index is 0.00000210. The molecule has 0 amide bonds. The number of hydrogen-bond acceptors (Lipinski definition) is 2. The van der Waals surface area contributed by atoms with Crippen molar-refractivity contribution in [3.63, 3.8) is 0 Å². The number of rotatable bonds is 5. The minimum absolute atomic E-state index is 0. The maximum absolute atomic E-state index is 6.32. The van der Waals surface area contributed by atoms with Gasteiger partial charge in [-0.2, -0.15) is 0 Å². The summed E-state index contributed by atoms with van der Waals surface area (Å²) in [6.07, 6.45) is 1.31. The molecular weight excluding hydrogens is 354 g/mol. The first kappa shape index (κ1) is 19.6. The molecule has 3 aromatic rings. The molecule has 2 nitrogen and oxygen atoms in total. The zero-order valence-electron chi connectivity index (χ0n) is 15.4. The van der Waals surface area contributed by atoms with Gasteiger partial charge in [0.25, 0.3) is 0 Å². The first-order valence-corrected chi connectivity index (χ1v) is 9.42. The Labute approximate surface area is 168 Å². The highest BCUT2D eigenvalue weighted by Gasteiger charge is 2.27. The van der Waals surface area contributed by atoms with E-state index in [2.05, 4.69) is 84.2 Å². The summed E-state index contributed by atoms with van der Waals surface area (Å²) in [5.74, 6) is 0.434. The first-order chi connectivity index (χ1) is 12.9. The van der Waals surface area contributed by atoms with Gasteiger partial charge in [0.2, 0.25) is 0 Å². The van der Waals surface area contributed by atoms with Gasteiger partial charge in [0, 0.05) is 12.5 Å². The van der Waals surface area contributed by atoms with Crippen molar-refractivity contribution in [3.8, 4) is 11.1 Å². The lowest BCUT2D eigenvalue weighted by molar-refractivity contribution is 0.0106. The largest absolute Gasteiger partial charge is 0.372 e. The molecule has 0 spiro atoms. The second kappa shape index (κ2) is 9.70. The highest BCUT2D eigenvalue weighted by molar-refractivity contribution is 5.85. The Morgan fingerprint density at radius 3 is 2.30 bits per heavy atom. The van der Waals surface area contributed by atoms with Crippen LogP contribution in [-0.2, 0) is 11.3 Å². The number of halogens is 1. The van der Waals surface area contributed by atoms with Crippen LogP contribution in [0.2, 0.25) is 0 Å². The number of ether oxygens (including phenoxy) is 1. The summed E-state index contributed by atoms with van der Waals surface area (Å²) < 4.78 is 6.32. The van der Waals surface area contributed by atoms with Gasteiger partial charge in [-0.15, -0.1) is 12.4 Å². The van der Waals surface area contributed by atoms with Crippen molar-refractivity contribution in [3.05, 3.63) is 96.1 Å². The SMILES string of the molecule is Cl.c1ccc(CO[C@H]2CNCC[C@@H]2c2cccc(-c3ccccc3)c2)cc1. The molecule has 27 heavy (non-hydrogen) atoms. The molecule has 140 valence electrons. The van der Waals surface area contributed by atoms with Gasteiger partial charge in [0.05, 0.1) is 12.7 Å². The fraction of sp³-hybridized carbons (Fsp3) is 0.250. The van der Waals surface area contributed by atoms with E-state index in [0.717, 1.165) is 19.5 Å². The van der Waals surface area contributed by atoms with Gasteiger partial charge in [-0.3, -0.25) is 0 Å². The van der Waals surface area contributed by atoms with E-state index in [0.29, 0.717) is 12.5 Å². The lowest BCUT2D eigenvalue weighted by Crippen LogP contribution is -2.40. The molecule has 4 rings (SSSR count). The van der Waals surface area contributed by atoms with Crippen molar-refractivity contribution in [2.45, 2.75) is 25.0 Å². The third-order valence-electron chi connectivity index (χ3n) is 5.16. The summed E-state index contributed by atoms with van der Waals surface area (Å²) in [4.78, 5) is 0. The molecule has 1 aliphatic rings. The van der Waals surface area contributed by atoms with Crippen LogP contribution in [0.3, 0.4) is 0 Å². The Kier molecular flexibility index (Phi) is 7.05. The summed E-state index contributed by atoms with van der Waals surface area (Å²) >= 11 is 0. The average Bonchev–Trinajstić information content (AvgIpc) is 2.74. The smallest absolute Gasteiger partial charge is 0.0772 e. The average molecular weight is 380 g/mol. The second-order valence-electron chi connectivity index (χ2n) is 6.93. The molecule has 3 aromatic carbocycles. The van der Waals surface area contributed by atoms with Gasteiger partial charge < -0.3 is 10.1 Å². The van der Waals surface area contributed by atoms with E-state index < -0.39 is 0 Å². The zero-order valence-corrected chi connectivity index (χ0v) is 16.2. The van der Waals surface area contributed by atoms with Crippen LogP contribution in [0.25, 0.3) is 11.1 Å². The molecule has 1 N–H and O–H groups in total. The molecule has 1 heterocycles. The van der Waals surface area contributed by atoms with Crippen molar-refractivity contribution in [2.24, 2.45) is 0 Å². The summed E-state index contributed by atoms with van der Waals surface area (Å²) in [6, 6.07) is 30.0. The fourth-order valence-electron chi connectivity index (χ4n) is 3.74. The molecule has 1 saturated heterocycles. The van der Waals surface area contributed by atoms with E-state index >= 15 is 0 Å². The first-order valence-electron chi connectivity index (χ1n) is 9.42. The monoisotopic (exact) mass is 379 g/mol.